The fourth-order valence-electron chi connectivity index (χ4n) is 2.88. The zero-order valence-corrected chi connectivity index (χ0v) is 10.0. The molecule has 0 atom stereocenters. The van der Waals surface area contributed by atoms with E-state index < -0.39 is 0 Å². The monoisotopic (exact) mass is 210 g/mol. The fraction of sp³-hybridized carbons (Fsp3) is 0.909. The zero-order valence-electron chi connectivity index (χ0n) is 10.0. The van der Waals surface area contributed by atoms with Gasteiger partial charge in [-0.15, -0.1) is 0 Å². The second-order valence-electron chi connectivity index (χ2n) is 5.37. The van der Waals surface area contributed by atoms with Crippen LogP contribution < -0.4 is 5.73 Å². The normalized spacial score (nSPS) is 34.8. The van der Waals surface area contributed by atoms with Gasteiger partial charge in [0.15, 0.2) is 5.96 Å². The van der Waals surface area contributed by atoms with E-state index in [0.717, 1.165) is 31.5 Å². The summed E-state index contributed by atoms with van der Waals surface area (Å²) in [6.45, 7) is 5.28. The van der Waals surface area contributed by atoms with Crippen molar-refractivity contribution in [3.8, 4) is 0 Å². The molecule has 0 saturated heterocycles. The van der Waals surface area contributed by atoms with E-state index >= 15 is 0 Å². The van der Waals surface area contributed by atoms with E-state index in [9.17, 15) is 0 Å². The largest absolute Gasteiger partial charge is 0.370 e. The first-order chi connectivity index (χ1) is 7.03. The van der Waals surface area contributed by atoms with Gasteiger partial charge in [0.25, 0.3) is 0 Å². The Labute approximate surface area is 92.1 Å². The number of nitrogens with zero attached hydrogens (tertiary/aromatic N) is 3. The molecule has 0 amide bonds. The summed E-state index contributed by atoms with van der Waals surface area (Å²) in [6, 6.07) is 0. The second-order valence-corrected chi connectivity index (χ2v) is 5.37. The van der Waals surface area contributed by atoms with Gasteiger partial charge in [0, 0.05) is 13.1 Å². The molecule has 0 bridgehead atoms. The molecule has 1 heterocycles. The Morgan fingerprint density at radius 1 is 1.53 bits per heavy atom. The van der Waals surface area contributed by atoms with Crippen molar-refractivity contribution in [2.24, 2.45) is 16.6 Å². The number of hydrogen-bond acceptors (Lipinski definition) is 4. The lowest BCUT2D eigenvalue weighted by Gasteiger charge is -2.50. The van der Waals surface area contributed by atoms with Crippen LogP contribution in [0.1, 0.15) is 19.8 Å². The van der Waals surface area contributed by atoms with E-state index in [-0.39, 0.29) is 0 Å². The van der Waals surface area contributed by atoms with Crippen LogP contribution in [0.2, 0.25) is 0 Å². The van der Waals surface area contributed by atoms with E-state index in [1.807, 2.05) is 0 Å². The molecule has 0 aromatic rings. The molecule has 2 rings (SSSR count). The molecule has 0 radical (unpaired) electrons. The number of hydrogen-bond donors (Lipinski definition) is 1. The van der Waals surface area contributed by atoms with Crippen molar-refractivity contribution in [1.82, 2.24) is 9.80 Å². The summed E-state index contributed by atoms with van der Waals surface area (Å²) in [6.07, 6.45) is 2.51. The summed E-state index contributed by atoms with van der Waals surface area (Å²) in [5, 5.41) is 0. The van der Waals surface area contributed by atoms with E-state index in [1.165, 1.54) is 12.8 Å². The molecule has 0 unspecified atom stereocenters. The Morgan fingerprint density at radius 2 is 2.20 bits per heavy atom. The standard InChI is InChI=1S/C11H22N4/c1-9-6-11(7-9)8-13-10(12)15(11)5-4-14(2)3/h9H,4-8H2,1-3H3,(H2,12,13). The number of guanidine groups is 1. The van der Waals surface area contributed by atoms with Crippen molar-refractivity contribution in [1.29, 1.82) is 0 Å². The zero-order chi connectivity index (χ0) is 11.1. The first kappa shape index (κ1) is 10.7. The maximum Gasteiger partial charge on any atom is 0.191 e. The van der Waals surface area contributed by atoms with Gasteiger partial charge >= 0.3 is 0 Å². The van der Waals surface area contributed by atoms with Gasteiger partial charge in [-0.1, -0.05) is 6.92 Å². The van der Waals surface area contributed by atoms with Crippen LogP contribution in [0, 0.1) is 5.92 Å². The maximum atomic E-state index is 5.95. The van der Waals surface area contributed by atoms with Crippen molar-refractivity contribution in [2.45, 2.75) is 25.3 Å². The molecular formula is C11H22N4. The van der Waals surface area contributed by atoms with Crippen molar-refractivity contribution in [3.05, 3.63) is 0 Å². The maximum absolute atomic E-state index is 5.95. The van der Waals surface area contributed by atoms with Gasteiger partial charge in [-0.05, 0) is 32.9 Å². The lowest BCUT2D eigenvalue weighted by atomic mass is 9.68. The summed E-state index contributed by atoms with van der Waals surface area (Å²) in [7, 11) is 4.19. The van der Waals surface area contributed by atoms with Gasteiger partial charge < -0.3 is 15.5 Å². The molecule has 2 aliphatic rings. The minimum Gasteiger partial charge on any atom is -0.370 e. The quantitative estimate of drug-likeness (QED) is 0.731. The highest BCUT2D eigenvalue weighted by Crippen LogP contribution is 2.44. The molecule has 86 valence electrons. The molecular weight excluding hydrogens is 188 g/mol. The Bertz CT molecular complexity index is 266. The number of likely N-dealkylation sites (N-methyl/N-ethyl adjacent to an activating group) is 1. The van der Waals surface area contributed by atoms with E-state index in [2.05, 4.69) is 35.8 Å². The molecule has 0 aromatic carbocycles. The van der Waals surface area contributed by atoms with Gasteiger partial charge in [0.1, 0.15) is 0 Å². The third kappa shape index (κ3) is 1.83. The Hall–Kier alpha value is -0.770. The molecule has 4 nitrogen and oxygen atoms in total. The average molecular weight is 210 g/mol. The molecule has 4 heteroatoms. The van der Waals surface area contributed by atoms with Crippen molar-refractivity contribution in [3.63, 3.8) is 0 Å². The SMILES string of the molecule is CC1CC2(CN=C(N)N2CCN(C)C)C1. The minimum absolute atomic E-state index is 0.291. The van der Waals surface area contributed by atoms with Gasteiger partial charge in [0.2, 0.25) is 0 Å². The van der Waals surface area contributed by atoms with Crippen LogP contribution in [0.4, 0.5) is 0 Å². The predicted octanol–water partition coefficient (Wildman–Crippen LogP) is 0.347. The molecule has 1 saturated carbocycles. The van der Waals surface area contributed by atoms with Crippen molar-refractivity contribution < 1.29 is 0 Å². The molecule has 1 spiro atoms. The lowest BCUT2D eigenvalue weighted by molar-refractivity contribution is 0.0475. The van der Waals surface area contributed by atoms with Crippen LogP contribution >= 0.6 is 0 Å². The molecule has 2 N–H and O–H groups in total. The van der Waals surface area contributed by atoms with Crippen LogP contribution in [0.15, 0.2) is 4.99 Å². The van der Waals surface area contributed by atoms with Gasteiger partial charge in [-0.2, -0.15) is 0 Å². The van der Waals surface area contributed by atoms with Crippen LogP contribution in [0.3, 0.4) is 0 Å². The second kappa shape index (κ2) is 3.67. The van der Waals surface area contributed by atoms with E-state index in [4.69, 9.17) is 5.73 Å². The van der Waals surface area contributed by atoms with Gasteiger partial charge in [-0.3, -0.25) is 4.99 Å². The molecule has 1 aliphatic carbocycles. The highest BCUT2D eigenvalue weighted by Gasteiger charge is 2.50. The molecule has 15 heavy (non-hydrogen) atoms. The van der Waals surface area contributed by atoms with Crippen LogP contribution in [0.5, 0.6) is 0 Å². The first-order valence-electron chi connectivity index (χ1n) is 5.76. The van der Waals surface area contributed by atoms with Crippen LogP contribution in [-0.2, 0) is 0 Å². The summed E-state index contributed by atoms with van der Waals surface area (Å²) < 4.78 is 0. The summed E-state index contributed by atoms with van der Waals surface area (Å²) >= 11 is 0. The minimum atomic E-state index is 0.291. The smallest absolute Gasteiger partial charge is 0.191 e. The Kier molecular flexibility index (Phi) is 2.63. The average Bonchev–Trinajstić information content (AvgIpc) is 2.40. The van der Waals surface area contributed by atoms with Crippen LogP contribution in [-0.4, -0.2) is 55.0 Å². The van der Waals surface area contributed by atoms with E-state index in [1.54, 1.807) is 0 Å². The molecule has 1 aliphatic heterocycles. The fourth-order valence-corrected chi connectivity index (χ4v) is 2.88. The van der Waals surface area contributed by atoms with Gasteiger partial charge in [-0.25, -0.2) is 0 Å². The molecule has 1 fully saturated rings. The summed E-state index contributed by atoms with van der Waals surface area (Å²) in [4.78, 5) is 8.93. The molecule has 0 aromatic heterocycles. The third-order valence-corrected chi connectivity index (χ3v) is 3.61. The van der Waals surface area contributed by atoms with Crippen molar-refractivity contribution in [2.75, 3.05) is 33.7 Å². The van der Waals surface area contributed by atoms with Crippen molar-refractivity contribution >= 4 is 5.96 Å². The van der Waals surface area contributed by atoms with Crippen LogP contribution in [0.25, 0.3) is 0 Å². The summed E-state index contributed by atoms with van der Waals surface area (Å²) in [5.41, 5.74) is 6.24. The van der Waals surface area contributed by atoms with Gasteiger partial charge in [0.05, 0.1) is 12.1 Å². The topological polar surface area (TPSA) is 44.9 Å². The predicted molar refractivity (Wildman–Crippen MR) is 62.9 cm³/mol. The number of aliphatic imine (C=N–C) groups is 1. The Balaban J connectivity index is 1.97. The lowest BCUT2D eigenvalue weighted by Crippen LogP contribution is -2.59. The first-order valence-corrected chi connectivity index (χ1v) is 5.76. The Morgan fingerprint density at radius 3 is 2.73 bits per heavy atom. The highest BCUT2D eigenvalue weighted by atomic mass is 15.4. The number of rotatable bonds is 3. The number of nitrogens with two attached hydrogens (primary N) is 1. The summed E-state index contributed by atoms with van der Waals surface area (Å²) in [5.74, 6) is 1.59. The van der Waals surface area contributed by atoms with E-state index in [0.29, 0.717) is 5.54 Å². The third-order valence-electron chi connectivity index (χ3n) is 3.61. The highest BCUT2D eigenvalue weighted by molar-refractivity contribution is 5.81.